The van der Waals surface area contributed by atoms with E-state index in [2.05, 4.69) is 16.2 Å². The SMILES string of the molecule is O=C(CCCN1C(=O)NC2(CCCC2)C1=O)NNC(=O)c1ccccc1F. The van der Waals surface area contributed by atoms with Crippen molar-refractivity contribution in [3.05, 3.63) is 35.6 Å². The molecule has 1 saturated carbocycles. The van der Waals surface area contributed by atoms with Gasteiger partial charge in [-0.15, -0.1) is 0 Å². The molecule has 3 N–H and O–H groups in total. The number of carbonyl (C=O) groups is 4. The second kappa shape index (κ2) is 7.73. The second-order valence-electron chi connectivity index (χ2n) is 6.76. The number of urea groups is 1. The van der Waals surface area contributed by atoms with Gasteiger partial charge in [-0.25, -0.2) is 9.18 Å². The Labute approximate surface area is 155 Å². The molecule has 0 unspecified atom stereocenters. The van der Waals surface area contributed by atoms with E-state index in [0.29, 0.717) is 12.8 Å². The number of nitrogens with zero attached hydrogens (tertiary/aromatic N) is 1. The largest absolute Gasteiger partial charge is 0.325 e. The van der Waals surface area contributed by atoms with Gasteiger partial charge in [0.15, 0.2) is 0 Å². The smallest absolute Gasteiger partial charge is 0.323 e. The lowest BCUT2D eigenvalue weighted by Gasteiger charge is -2.19. The number of imide groups is 1. The van der Waals surface area contributed by atoms with Gasteiger partial charge in [0.05, 0.1) is 5.56 Å². The highest BCUT2D eigenvalue weighted by Gasteiger charge is 2.51. The van der Waals surface area contributed by atoms with E-state index in [4.69, 9.17) is 0 Å². The van der Waals surface area contributed by atoms with Crippen LogP contribution in [0.4, 0.5) is 9.18 Å². The molecule has 2 aliphatic rings. The maximum atomic E-state index is 13.5. The average molecular weight is 376 g/mol. The highest BCUT2D eigenvalue weighted by molar-refractivity contribution is 6.07. The summed E-state index contributed by atoms with van der Waals surface area (Å²) in [7, 11) is 0. The molecule has 27 heavy (non-hydrogen) atoms. The first kappa shape index (κ1) is 18.8. The Balaban J connectivity index is 1.42. The fourth-order valence-corrected chi connectivity index (χ4v) is 3.50. The van der Waals surface area contributed by atoms with Gasteiger partial charge in [0.2, 0.25) is 5.91 Å². The maximum Gasteiger partial charge on any atom is 0.325 e. The van der Waals surface area contributed by atoms with Crippen molar-refractivity contribution in [3.63, 3.8) is 0 Å². The van der Waals surface area contributed by atoms with Gasteiger partial charge in [-0.05, 0) is 31.4 Å². The summed E-state index contributed by atoms with van der Waals surface area (Å²) in [5, 5.41) is 2.78. The average Bonchev–Trinajstić information content (AvgIpc) is 3.20. The standard InChI is InChI=1S/C18H21FN4O4/c19-13-7-2-1-6-12(13)15(25)22-21-14(24)8-5-11-23-16(26)18(20-17(23)27)9-3-4-10-18/h1-2,6-7H,3-5,8-11H2,(H,20,27)(H,21,24)(H,22,25). The van der Waals surface area contributed by atoms with Crippen LogP contribution in [0.5, 0.6) is 0 Å². The number of nitrogens with one attached hydrogen (secondary N) is 3. The molecule has 2 fully saturated rings. The first-order valence-corrected chi connectivity index (χ1v) is 8.91. The summed E-state index contributed by atoms with van der Waals surface area (Å²) in [5.74, 6) is -2.18. The van der Waals surface area contributed by atoms with Crippen molar-refractivity contribution in [2.75, 3.05) is 6.54 Å². The Morgan fingerprint density at radius 1 is 1.15 bits per heavy atom. The highest BCUT2D eigenvalue weighted by Crippen LogP contribution is 2.35. The van der Waals surface area contributed by atoms with Crippen LogP contribution in [0.25, 0.3) is 0 Å². The Morgan fingerprint density at radius 2 is 1.85 bits per heavy atom. The third-order valence-corrected chi connectivity index (χ3v) is 4.92. The van der Waals surface area contributed by atoms with Crippen molar-refractivity contribution < 1.29 is 23.6 Å². The minimum atomic E-state index is -0.765. The molecule has 0 atom stereocenters. The fraction of sp³-hybridized carbons (Fsp3) is 0.444. The zero-order valence-electron chi connectivity index (χ0n) is 14.7. The number of hydrogen-bond donors (Lipinski definition) is 3. The van der Waals surface area contributed by atoms with Crippen LogP contribution in [0.2, 0.25) is 0 Å². The first-order valence-electron chi connectivity index (χ1n) is 8.91. The lowest BCUT2D eigenvalue weighted by molar-refractivity contribution is -0.131. The van der Waals surface area contributed by atoms with E-state index in [1.54, 1.807) is 0 Å². The van der Waals surface area contributed by atoms with Gasteiger partial charge in [-0.1, -0.05) is 25.0 Å². The molecule has 8 nitrogen and oxygen atoms in total. The second-order valence-corrected chi connectivity index (χ2v) is 6.76. The van der Waals surface area contributed by atoms with Crippen molar-refractivity contribution in [1.29, 1.82) is 0 Å². The molecule has 1 saturated heterocycles. The maximum absolute atomic E-state index is 13.5. The Bertz CT molecular complexity index is 776. The number of hydrogen-bond acceptors (Lipinski definition) is 4. The molecule has 1 aromatic carbocycles. The van der Waals surface area contributed by atoms with E-state index in [0.717, 1.165) is 23.8 Å². The number of carbonyl (C=O) groups excluding carboxylic acids is 4. The summed E-state index contributed by atoms with van der Waals surface area (Å²) in [6.07, 6.45) is 3.37. The Morgan fingerprint density at radius 3 is 2.56 bits per heavy atom. The molecule has 1 aliphatic carbocycles. The van der Waals surface area contributed by atoms with Crippen LogP contribution in [-0.2, 0) is 9.59 Å². The number of benzene rings is 1. The summed E-state index contributed by atoms with van der Waals surface area (Å²) in [6.45, 7) is 0.126. The lowest BCUT2D eigenvalue weighted by atomic mass is 9.98. The molecular formula is C18H21FN4O4. The van der Waals surface area contributed by atoms with E-state index in [1.165, 1.54) is 18.2 Å². The quantitative estimate of drug-likeness (QED) is 0.531. The molecule has 0 bridgehead atoms. The molecule has 1 spiro atoms. The minimum Gasteiger partial charge on any atom is -0.323 e. The van der Waals surface area contributed by atoms with Crippen LogP contribution in [-0.4, -0.2) is 40.7 Å². The monoisotopic (exact) mass is 376 g/mol. The van der Waals surface area contributed by atoms with E-state index in [-0.39, 0.29) is 30.9 Å². The van der Waals surface area contributed by atoms with Crippen molar-refractivity contribution >= 4 is 23.8 Å². The number of rotatable bonds is 5. The number of hydrazine groups is 1. The van der Waals surface area contributed by atoms with Crippen LogP contribution < -0.4 is 16.2 Å². The van der Waals surface area contributed by atoms with Gasteiger partial charge in [0.1, 0.15) is 11.4 Å². The van der Waals surface area contributed by atoms with Crippen molar-refractivity contribution in [1.82, 2.24) is 21.1 Å². The van der Waals surface area contributed by atoms with Crippen LogP contribution in [0.3, 0.4) is 0 Å². The summed E-state index contributed by atoms with van der Waals surface area (Å²) < 4.78 is 13.5. The fourth-order valence-electron chi connectivity index (χ4n) is 3.50. The van der Waals surface area contributed by atoms with Crippen LogP contribution in [0.15, 0.2) is 24.3 Å². The normalized spacial score (nSPS) is 17.9. The summed E-state index contributed by atoms with van der Waals surface area (Å²) in [5.41, 5.74) is 3.39. The number of amides is 5. The van der Waals surface area contributed by atoms with E-state index in [9.17, 15) is 23.6 Å². The molecule has 3 rings (SSSR count). The molecule has 1 aliphatic heterocycles. The van der Waals surface area contributed by atoms with Gasteiger partial charge in [-0.3, -0.25) is 30.1 Å². The predicted octanol–water partition coefficient (Wildman–Crippen LogP) is 1.23. The zero-order chi connectivity index (χ0) is 19.4. The molecule has 5 amide bonds. The molecule has 144 valence electrons. The Kier molecular flexibility index (Phi) is 5.38. The molecular weight excluding hydrogens is 355 g/mol. The van der Waals surface area contributed by atoms with E-state index < -0.39 is 29.2 Å². The van der Waals surface area contributed by atoms with Gasteiger partial charge in [0, 0.05) is 13.0 Å². The van der Waals surface area contributed by atoms with Crippen LogP contribution in [0, 0.1) is 5.82 Å². The summed E-state index contributed by atoms with van der Waals surface area (Å²) in [6, 6.07) is 4.99. The van der Waals surface area contributed by atoms with Gasteiger partial charge < -0.3 is 5.32 Å². The zero-order valence-corrected chi connectivity index (χ0v) is 14.7. The molecule has 1 aromatic rings. The van der Waals surface area contributed by atoms with Crippen LogP contribution in [0.1, 0.15) is 48.9 Å². The van der Waals surface area contributed by atoms with Crippen molar-refractivity contribution in [3.8, 4) is 0 Å². The van der Waals surface area contributed by atoms with Crippen molar-refractivity contribution in [2.45, 2.75) is 44.1 Å². The molecule has 0 radical (unpaired) electrons. The predicted molar refractivity (Wildman–Crippen MR) is 92.7 cm³/mol. The topological polar surface area (TPSA) is 108 Å². The minimum absolute atomic E-state index is 0.00160. The summed E-state index contributed by atoms with van der Waals surface area (Å²) >= 11 is 0. The molecule has 9 heteroatoms. The summed E-state index contributed by atoms with van der Waals surface area (Å²) in [4.78, 5) is 49.3. The van der Waals surface area contributed by atoms with E-state index in [1.807, 2.05) is 0 Å². The van der Waals surface area contributed by atoms with Gasteiger partial charge in [0.25, 0.3) is 11.8 Å². The highest BCUT2D eigenvalue weighted by atomic mass is 19.1. The molecule has 1 heterocycles. The van der Waals surface area contributed by atoms with Gasteiger partial charge >= 0.3 is 6.03 Å². The van der Waals surface area contributed by atoms with Gasteiger partial charge in [-0.2, -0.15) is 0 Å². The van der Waals surface area contributed by atoms with E-state index >= 15 is 0 Å². The molecule has 0 aromatic heterocycles. The number of halogens is 1. The lowest BCUT2D eigenvalue weighted by Crippen LogP contribution is -2.44. The third kappa shape index (κ3) is 3.91. The first-order chi connectivity index (χ1) is 12.9. The third-order valence-electron chi connectivity index (χ3n) is 4.92. The van der Waals surface area contributed by atoms with Crippen LogP contribution >= 0.6 is 0 Å². The van der Waals surface area contributed by atoms with Crippen molar-refractivity contribution in [2.24, 2.45) is 0 Å². The Hall–Kier alpha value is -2.97.